The Morgan fingerprint density at radius 2 is 2.00 bits per heavy atom. The van der Waals surface area contributed by atoms with E-state index in [0.29, 0.717) is 6.04 Å². The maximum Gasteiger partial charge on any atom is 0.121 e. The summed E-state index contributed by atoms with van der Waals surface area (Å²) in [5, 5.41) is 10.5. The quantitative estimate of drug-likeness (QED) is 0.736. The molecule has 3 nitrogen and oxygen atoms in total. The molecule has 1 rings (SSSR count). The van der Waals surface area contributed by atoms with E-state index >= 15 is 0 Å². The zero-order valence-electron chi connectivity index (χ0n) is 9.10. The summed E-state index contributed by atoms with van der Waals surface area (Å²) in [7, 11) is 0. The number of aromatic amines is 1. The van der Waals surface area contributed by atoms with Gasteiger partial charge in [0.2, 0.25) is 0 Å². The lowest BCUT2D eigenvalue weighted by atomic mass is 9.92. The van der Waals surface area contributed by atoms with Crippen LogP contribution < -0.4 is 5.32 Å². The van der Waals surface area contributed by atoms with E-state index in [9.17, 15) is 0 Å². The summed E-state index contributed by atoms with van der Waals surface area (Å²) in [6.07, 6.45) is 0. The van der Waals surface area contributed by atoms with Crippen LogP contribution in [0.3, 0.4) is 0 Å². The van der Waals surface area contributed by atoms with Gasteiger partial charge in [-0.3, -0.25) is 5.10 Å². The Morgan fingerprint density at radius 3 is 2.38 bits per heavy atom. The molecule has 0 saturated carbocycles. The van der Waals surface area contributed by atoms with Crippen molar-refractivity contribution in [2.24, 2.45) is 0 Å². The highest BCUT2D eigenvalue weighted by Crippen LogP contribution is 2.21. The first-order valence-electron chi connectivity index (χ1n) is 4.72. The van der Waals surface area contributed by atoms with E-state index in [0.717, 1.165) is 11.5 Å². The van der Waals surface area contributed by atoms with E-state index in [1.807, 2.05) is 0 Å². The molecule has 13 heavy (non-hydrogen) atoms. The lowest BCUT2D eigenvalue weighted by Crippen LogP contribution is -2.11. The average molecular weight is 181 g/mol. The van der Waals surface area contributed by atoms with Crippen LogP contribution in [0.4, 0.5) is 5.82 Å². The van der Waals surface area contributed by atoms with Crippen LogP contribution in [0.5, 0.6) is 0 Å². The van der Waals surface area contributed by atoms with Crippen LogP contribution in [0.2, 0.25) is 0 Å². The Kier molecular flexibility index (Phi) is 2.64. The van der Waals surface area contributed by atoms with Gasteiger partial charge in [0.15, 0.2) is 0 Å². The fourth-order valence-corrected chi connectivity index (χ4v) is 1.09. The maximum atomic E-state index is 4.25. The second-order valence-corrected chi connectivity index (χ2v) is 4.72. The molecule has 0 bridgehead atoms. The highest BCUT2D eigenvalue weighted by molar-refractivity contribution is 5.37. The molecule has 0 unspecified atom stereocenters. The van der Waals surface area contributed by atoms with E-state index in [1.165, 1.54) is 0 Å². The van der Waals surface area contributed by atoms with Crippen LogP contribution in [-0.2, 0) is 5.41 Å². The predicted octanol–water partition coefficient (Wildman–Crippen LogP) is 2.53. The van der Waals surface area contributed by atoms with Gasteiger partial charge in [0, 0.05) is 17.5 Å². The zero-order chi connectivity index (χ0) is 10.1. The maximum absolute atomic E-state index is 4.25. The lowest BCUT2D eigenvalue weighted by Gasteiger charge is -2.13. The zero-order valence-corrected chi connectivity index (χ0v) is 9.10. The molecule has 1 aromatic heterocycles. The largest absolute Gasteiger partial charge is 0.368 e. The van der Waals surface area contributed by atoms with Gasteiger partial charge in [-0.05, 0) is 13.8 Å². The summed E-state index contributed by atoms with van der Waals surface area (Å²) in [5.74, 6) is 1.000. The van der Waals surface area contributed by atoms with E-state index in [-0.39, 0.29) is 5.41 Å². The second-order valence-electron chi connectivity index (χ2n) is 4.72. The van der Waals surface area contributed by atoms with Gasteiger partial charge in [0.25, 0.3) is 0 Å². The van der Waals surface area contributed by atoms with Crippen molar-refractivity contribution >= 4 is 5.82 Å². The molecule has 0 atom stereocenters. The lowest BCUT2D eigenvalue weighted by molar-refractivity contribution is 0.567. The fraction of sp³-hybridized carbons (Fsp3) is 0.700. The molecule has 0 fully saturated rings. The summed E-state index contributed by atoms with van der Waals surface area (Å²) in [6.45, 7) is 10.7. The van der Waals surface area contributed by atoms with Crippen molar-refractivity contribution in [3.05, 3.63) is 11.8 Å². The molecule has 0 aliphatic carbocycles. The van der Waals surface area contributed by atoms with Crippen LogP contribution in [0.25, 0.3) is 0 Å². The van der Waals surface area contributed by atoms with Crippen molar-refractivity contribution in [2.75, 3.05) is 5.32 Å². The van der Waals surface area contributed by atoms with Crippen molar-refractivity contribution < 1.29 is 0 Å². The van der Waals surface area contributed by atoms with Gasteiger partial charge in [0.1, 0.15) is 5.82 Å². The number of hydrogen-bond donors (Lipinski definition) is 2. The van der Waals surface area contributed by atoms with Crippen LogP contribution in [0, 0.1) is 0 Å². The van der Waals surface area contributed by atoms with Gasteiger partial charge in [-0.2, -0.15) is 5.10 Å². The van der Waals surface area contributed by atoms with E-state index < -0.39 is 0 Å². The van der Waals surface area contributed by atoms with Gasteiger partial charge in [-0.1, -0.05) is 20.8 Å². The second kappa shape index (κ2) is 3.40. The Morgan fingerprint density at radius 1 is 1.38 bits per heavy atom. The first-order chi connectivity index (χ1) is 5.89. The molecular weight excluding hydrogens is 162 g/mol. The van der Waals surface area contributed by atoms with Crippen molar-refractivity contribution in [3.63, 3.8) is 0 Å². The van der Waals surface area contributed by atoms with E-state index in [2.05, 4.69) is 56.2 Å². The first kappa shape index (κ1) is 10.1. The topological polar surface area (TPSA) is 40.7 Å². The standard InChI is InChI=1S/C10H19N3/c1-7(2)11-9-6-8(12-13-9)10(3,4)5/h6-7H,1-5H3,(H2,11,12,13). The van der Waals surface area contributed by atoms with Gasteiger partial charge >= 0.3 is 0 Å². The van der Waals surface area contributed by atoms with Crippen molar-refractivity contribution in [1.29, 1.82) is 0 Å². The molecule has 0 amide bonds. The monoisotopic (exact) mass is 181 g/mol. The minimum atomic E-state index is 0.118. The van der Waals surface area contributed by atoms with Crippen LogP contribution in [-0.4, -0.2) is 16.2 Å². The Labute approximate surface area is 79.9 Å². The minimum absolute atomic E-state index is 0.118. The minimum Gasteiger partial charge on any atom is -0.368 e. The van der Waals surface area contributed by atoms with Crippen molar-refractivity contribution in [1.82, 2.24) is 10.2 Å². The third kappa shape index (κ3) is 2.76. The normalized spacial score (nSPS) is 12.2. The van der Waals surface area contributed by atoms with Crippen LogP contribution >= 0.6 is 0 Å². The SMILES string of the molecule is CC(C)Nc1cc(C(C)(C)C)n[nH]1. The number of aromatic nitrogens is 2. The third-order valence-corrected chi connectivity index (χ3v) is 1.79. The summed E-state index contributed by atoms with van der Waals surface area (Å²) < 4.78 is 0. The Balaban J connectivity index is 2.75. The predicted molar refractivity (Wildman–Crippen MR) is 56.0 cm³/mol. The molecule has 0 saturated heterocycles. The summed E-state index contributed by atoms with van der Waals surface area (Å²) in [5.41, 5.74) is 1.21. The number of rotatable bonds is 2. The Bertz CT molecular complexity index is 268. The van der Waals surface area contributed by atoms with Gasteiger partial charge < -0.3 is 5.32 Å². The molecule has 0 aliphatic heterocycles. The van der Waals surface area contributed by atoms with E-state index in [4.69, 9.17) is 0 Å². The molecule has 0 radical (unpaired) electrons. The third-order valence-electron chi connectivity index (χ3n) is 1.79. The molecular formula is C10H19N3. The van der Waals surface area contributed by atoms with Crippen molar-refractivity contribution in [3.8, 4) is 0 Å². The number of hydrogen-bond acceptors (Lipinski definition) is 2. The average Bonchev–Trinajstić information content (AvgIpc) is 2.32. The molecule has 0 spiro atoms. The highest BCUT2D eigenvalue weighted by Gasteiger charge is 2.17. The highest BCUT2D eigenvalue weighted by atomic mass is 15.2. The van der Waals surface area contributed by atoms with Gasteiger partial charge in [-0.15, -0.1) is 0 Å². The molecule has 3 heteroatoms. The molecule has 0 aliphatic rings. The molecule has 74 valence electrons. The number of nitrogens with one attached hydrogen (secondary N) is 2. The Hall–Kier alpha value is -0.990. The molecule has 2 N–H and O–H groups in total. The number of H-pyrrole nitrogens is 1. The van der Waals surface area contributed by atoms with Gasteiger partial charge in [0.05, 0.1) is 5.69 Å². The molecule has 1 heterocycles. The summed E-state index contributed by atoms with van der Waals surface area (Å²) in [4.78, 5) is 0. The van der Waals surface area contributed by atoms with Crippen LogP contribution in [0.1, 0.15) is 40.3 Å². The summed E-state index contributed by atoms with van der Waals surface area (Å²) >= 11 is 0. The van der Waals surface area contributed by atoms with Crippen LogP contribution in [0.15, 0.2) is 6.07 Å². The smallest absolute Gasteiger partial charge is 0.121 e. The van der Waals surface area contributed by atoms with Gasteiger partial charge in [-0.25, -0.2) is 0 Å². The fourth-order valence-electron chi connectivity index (χ4n) is 1.09. The first-order valence-corrected chi connectivity index (χ1v) is 4.72. The molecule has 0 aromatic carbocycles. The molecule has 1 aromatic rings. The summed E-state index contributed by atoms with van der Waals surface area (Å²) in [6, 6.07) is 2.51. The number of nitrogens with zero attached hydrogens (tertiary/aromatic N) is 1. The van der Waals surface area contributed by atoms with Crippen molar-refractivity contribution in [2.45, 2.75) is 46.1 Å². The number of anilines is 1. The van der Waals surface area contributed by atoms with E-state index in [1.54, 1.807) is 0 Å².